The van der Waals surface area contributed by atoms with E-state index in [4.69, 9.17) is 0 Å². The van der Waals surface area contributed by atoms with Crippen molar-refractivity contribution in [3.05, 3.63) is 5.82 Å². The number of hydrogen-bond donors (Lipinski definition) is 1. The third-order valence-corrected chi connectivity index (χ3v) is 2.18. The van der Waals surface area contributed by atoms with E-state index in [1.54, 1.807) is 0 Å². The van der Waals surface area contributed by atoms with E-state index in [-0.39, 0.29) is 12.0 Å². The van der Waals surface area contributed by atoms with Gasteiger partial charge in [0.2, 0.25) is 5.13 Å². The first-order chi connectivity index (χ1) is 6.39. The molecule has 1 heterocycles. The zero-order valence-electron chi connectivity index (χ0n) is 8.34. The molecule has 0 radical (unpaired) electrons. The number of hydrogen-bond acceptors (Lipinski definition) is 4. The summed E-state index contributed by atoms with van der Waals surface area (Å²) in [6.45, 7) is 5.56. The van der Waals surface area contributed by atoms with Gasteiger partial charge in [0.25, 0.3) is 6.43 Å². The molecular formula is C8H13F2N3S. The predicted octanol–water partition coefficient (Wildman–Crippen LogP) is 2.51. The lowest BCUT2D eigenvalue weighted by Gasteiger charge is -2.12. The Morgan fingerprint density at radius 2 is 2.07 bits per heavy atom. The van der Waals surface area contributed by atoms with Gasteiger partial charge in [-0.1, -0.05) is 20.8 Å². The van der Waals surface area contributed by atoms with Crippen molar-refractivity contribution in [1.29, 1.82) is 0 Å². The van der Waals surface area contributed by atoms with Crippen molar-refractivity contribution in [2.75, 3.05) is 11.9 Å². The van der Waals surface area contributed by atoms with E-state index in [2.05, 4.69) is 14.7 Å². The van der Waals surface area contributed by atoms with Gasteiger partial charge in [-0.25, -0.2) is 13.8 Å². The molecule has 3 nitrogen and oxygen atoms in total. The largest absolute Gasteiger partial charge is 0.355 e. The van der Waals surface area contributed by atoms with Crippen molar-refractivity contribution >= 4 is 16.7 Å². The van der Waals surface area contributed by atoms with Crippen molar-refractivity contribution in [2.24, 2.45) is 0 Å². The summed E-state index contributed by atoms with van der Waals surface area (Å²) in [4.78, 5) is 4.12. The first-order valence-electron chi connectivity index (χ1n) is 4.26. The molecule has 0 unspecified atom stereocenters. The van der Waals surface area contributed by atoms with Gasteiger partial charge < -0.3 is 5.32 Å². The lowest BCUT2D eigenvalue weighted by atomic mass is 9.96. The number of anilines is 1. The molecule has 0 aromatic carbocycles. The van der Waals surface area contributed by atoms with Gasteiger partial charge in [-0.2, -0.15) is 4.37 Å². The Kier molecular flexibility index (Phi) is 3.36. The SMILES string of the molecule is CC(C)(C)c1nsc(NCC(F)F)n1. The molecule has 0 fully saturated rings. The average Bonchev–Trinajstić information content (AvgIpc) is 2.47. The molecule has 0 bridgehead atoms. The van der Waals surface area contributed by atoms with Crippen LogP contribution in [-0.4, -0.2) is 22.3 Å². The van der Waals surface area contributed by atoms with Crippen molar-refractivity contribution in [2.45, 2.75) is 32.6 Å². The second kappa shape index (κ2) is 4.16. The highest BCUT2D eigenvalue weighted by molar-refractivity contribution is 7.09. The summed E-state index contributed by atoms with van der Waals surface area (Å²) >= 11 is 1.11. The van der Waals surface area contributed by atoms with Crippen LogP contribution in [0, 0.1) is 0 Å². The third-order valence-electron chi connectivity index (χ3n) is 1.50. The summed E-state index contributed by atoms with van der Waals surface area (Å²) in [5.74, 6) is 0.680. The van der Waals surface area contributed by atoms with E-state index in [1.807, 2.05) is 20.8 Å². The molecule has 80 valence electrons. The summed E-state index contributed by atoms with van der Waals surface area (Å²) in [5.41, 5.74) is -0.138. The Labute approximate surface area is 85.7 Å². The van der Waals surface area contributed by atoms with Gasteiger partial charge in [-0.15, -0.1) is 0 Å². The maximum Gasteiger partial charge on any atom is 0.255 e. The molecule has 0 saturated heterocycles. The maximum atomic E-state index is 11.9. The second-order valence-corrected chi connectivity index (χ2v) is 4.70. The fraction of sp³-hybridized carbons (Fsp3) is 0.750. The normalized spacial score (nSPS) is 12.1. The van der Waals surface area contributed by atoms with Crippen molar-refractivity contribution in [3.8, 4) is 0 Å². The summed E-state index contributed by atoms with van der Waals surface area (Å²) in [7, 11) is 0. The van der Waals surface area contributed by atoms with Crippen LogP contribution in [0.15, 0.2) is 0 Å². The average molecular weight is 221 g/mol. The number of nitrogens with one attached hydrogen (secondary N) is 1. The van der Waals surface area contributed by atoms with E-state index in [0.717, 1.165) is 11.5 Å². The highest BCUT2D eigenvalue weighted by Gasteiger charge is 2.19. The molecule has 0 amide bonds. The summed E-state index contributed by atoms with van der Waals surface area (Å²) in [6, 6.07) is 0. The van der Waals surface area contributed by atoms with Crippen molar-refractivity contribution in [3.63, 3.8) is 0 Å². The van der Waals surface area contributed by atoms with Gasteiger partial charge in [0.1, 0.15) is 5.82 Å². The monoisotopic (exact) mass is 221 g/mol. The number of aromatic nitrogens is 2. The molecular weight excluding hydrogens is 208 g/mol. The maximum absolute atomic E-state index is 11.9. The summed E-state index contributed by atoms with van der Waals surface area (Å²) < 4.78 is 27.8. The molecule has 1 aromatic rings. The van der Waals surface area contributed by atoms with Gasteiger partial charge in [-0.05, 0) is 0 Å². The molecule has 14 heavy (non-hydrogen) atoms. The van der Waals surface area contributed by atoms with E-state index < -0.39 is 6.43 Å². The molecule has 6 heteroatoms. The lowest BCUT2D eigenvalue weighted by molar-refractivity contribution is 0.163. The van der Waals surface area contributed by atoms with E-state index >= 15 is 0 Å². The van der Waals surface area contributed by atoms with Crippen LogP contribution < -0.4 is 5.32 Å². The number of nitrogens with zero attached hydrogens (tertiary/aromatic N) is 2. The third kappa shape index (κ3) is 3.17. The molecule has 1 rings (SSSR count). The highest BCUT2D eigenvalue weighted by Crippen LogP contribution is 2.22. The molecule has 0 atom stereocenters. The number of rotatable bonds is 3. The molecule has 0 saturated carbocycles. The number of alkyl halides is 2. The predicted molar refractivity (Wildman–Crippen MR) is 53.1 cm³/mol. The molecule has 1 aromatic heterocycles. The molecule has 0 aliphatic rings. The zero-order chi connectivity index (χ0) is 10.8. The van der Waals surface area contributed by atoms with Crippen LogP contribution in [0.2, 0.25) is 0 Å². The van der Waals surface area contributed by atoms with Crippen molar-refractivity contribution < 1.29 is 8.78 Å². The molecule has 0 aliphatic carbocycles. The van der Waals surface area contributed by atoms with E-state index in [9.17, 15) is 8.78 Å². The first-order valence-corrected chi connectivity index (χ1v) is 5.03. The topological polar surface area (TPSA) is 37.8 Å². The number of halogens is 2. The minimum absolute atomic E-state index is 0.138. The van der Waals surface area contributed by atoms with Crippen LogP contribution in [0.25, 0.3) is 0 Å². The molecule has 0 spiro atoms. The smallest absolute Gasteiger partial charge is 0.255 e. The highest BCUT2D eigenvalue weighted by atomic mass is 32.1. The van der Waals surface area contributed by atoms with Gasteiger partial charge in [0.15, 0.2) is 0 Å². The van der Waals surface area contributed by atoms with Crippen LogP contribution in [-0.2, 0) is 5.41 Å². The molecule has 0 aliphatic heterocycles. The van der Waals surface area contributed by atoms with E-state index in [1.165, 1.54) is 0 Å². The minimum Gasteiger partial charge on any atom is -0.355 e. The van der Waals surface area contributed by atoms with E-state index in [0.29, 0.717) is 11.0 Å². The fourth-order valence-corrected chi connectivity index (χ4v) is 1.53. The minimum atomic E-state index is -2.36. The quantitative estimate of drug-likeness (QED) is 0.852. The Morgan fingerprint density at radius 1 is 1.43 bits per heavy atom. The fourth-order valence-electron chi connectivity index (χ4n) is 0.764. The summed E-state index contributed by atoms with van der Waals surface area (Å²) in [6.07, 6.45) is -2.36. The molecule has 1 N–H and O–H groups in total. The van der Waals surface area contributed by atoms with Crippen LogP contribution in [0.4, 0.5) is 13.9 Å². The first kappa shape index (κ1) is 11.3. The Bertz CT molecular complexity index is 293. The van der Waals surface area contributed by atoms with Crippen LogP contribution in [0.5, 0.6) is 0 Å². The zero-order valence-corrected chi connectivity index (χ0v) is 9.16. The van der Waals surface area contributed by atoms with Gasteiger partial charge in [0.05, 0.1) is 6.54 Å². The van der Waals surface area contributed by atoms with Gasteiger partial charge in [-0.3, -0.25) is 0 Å². The van der Waals surface area contributed by atoms with Crippen molar-refractivity contribution in [1.82, 2.24) is 9.36 Å². The van der Waals surface area contributed by atoms with Crippen LogP contribution in [0.3, 0.4) is 0 Å². The Balaban J connectivity index is 2.60. The lowest BCUT2D eigenvalue weighted by Crippen LogP contribution is -2.14. The van der Waals surface area contributed by atoms with Gasteiger partial charge in [0, 0.05) is 16.9 Å². The summed E-state index contributed by atoms with van der Waals surface area (Å²) in [5, 5.41) is 2.99. The van der Waals surface area contributed by atoms with Crippen LogP contribution in [0.1, 0.15) is 26.6 Å². The Hall–Kier alpha value is -0.780. The standard InChI is InChI=1S/C8H13F2N3S/c1-8(2,3)6-12-7(14-13-6)11-4-5(9)10/h5H,4H2,1-3H3,(H,11,12,13). The van der Waals surface area contributed by atoms with Crippen LogP contribution >= 0.6 is 11.5 Å². The van der Waals surface area contributed by atoms with Gasteiger partial charge >= 0.3 is 0 Å². The second-order valence-electron chi connectivity index (χ2n) is 3.95. The Morgan fingerprint density at radius 3 is 2.50 bits per heavy atom.